The number of nitrogens with zero attached hydrogens (tertiary/aromatic N) is 2. The monoisotopic (exact) mass is 554 g/mol. The molecule has 224 valence electrons. The van der Waals surface area contributed by atoms with E-state index in [1.165, 1.54) is 13.8 Å². The van der Waals surface area contributed by atoms with Gasteiger partial charge in [-0.3, -0.25) is 19.2 Å². The van der Waals surface area contributed by atoms with Crippen LogP contribution in [0, 0.1) is 5.41 Å². The van der Waals surface area contributed by atoms with Crippen molar-refractivity contribution in [2.75, 3.05) is 0 Å². The molecular formula is C29H50N2O8. The first kappa shape index (κ1) is 33.0. The molecule has 0 unspecified atom stereocenters. The Morgan fingerprint density at radius 2 is 0.872 bits per heavy atom. The molecule has 0 bridgehead atoms. The van der Waals surface area contributed by atoms with Gasteiger partial charge < -0.3 is 19.1 Å². The van der Waals surface area contributed by atoms with Crippen molar-refractivity contribution in [3.63, 3.8) is 0 Å². The largest absolute Gasteiger partial charge is 0.461 e. The van der Waals surface area contributed by atoms with Crippen LogP contribution in [-0.4, -0.2) is 68.4 Å². The van der Waals surface area contributed by atoms with Gasteiger partial charge in [0.1, 0.15) is 12.2 Å². The summed E-state index contributed by atoms with van der Waals surface area (Å²) in [6, 6.07) is 0. The fourth-order valence-electron chi connectivity index (χ4n) is 6.70. The van der Waals surface area contributed by atoms with Crippen LogP contribution in [-0.2, 0) is 38.3 Å². The fraction of sp³-hybridized carbons (Fsp3) is 0.862. The molecule has 0 aromatic carbocycles. The van der Waals surface area contributed by atoms with E-state index in [2.05, 4.69) is 0 Å². The van der Waals surface area contributed by atoms with Crippen molar-refractivity contribution >= 4 is 23.9 Å². The van der Waals surface area contributed by atoms with Crippen LogP contribution in [0.15, 0.2) is 0 Å². The summed E-state index contributed by atoms with van der Waals surface area (Å²) in [6.07, 6.45) is 1.28. The summed E-state index contributed by atoms with van der Waals surface area (Å²) in [5, 5.41) is 3.36. The van der Waals surface area contributed by atoms with Crippen molar-refractivity contribution in [3.8, 4) is 0 Å². The molecule has 0 radical (unpaired) electrons. The number of piperidine rings is 2. The smallest absolute Gasteiger partial charge is 0.323 e. The van der Waals surface area contributed by atoms with Gasteiger partial charge in [0.05, 0.1) is 22.2 Å². The Balaban J connectivity index is 2.22. The van der Waals surface area contributed by atoms with E-state index in [9.17, 15) is 19.2 Å². The minimum atomic E-state index is -1.44. The molecule has 0 saturated carbocycles. The van der Waals surface area contributed by atoms with Crippen molar-refractivity contribution in [3.05, 3.63) is 0 Å². The second kappa shape index (κ2) is 11.4. The highest BCUT2D eigenvalue weighted by atomic mass is 16.7. The minimum Gasteiger partial charge on any atom is -0.461 e. The highest BCUT2D eigenvalue weighted by Crippen LogP contribution is 2.43. The quantitative estimate of drug-likeness (QED) is 0.304. The van der Waals surface area contributed by atoms with Crippen LogP contribution in [0.3, 0.4) is 0 Å². The van der Waals surface area contributed by atoms with Gasteiger partial charge in [-0.25, -0.2) is 0 Å². The van der Waals surface area contributed by atoms with Crippen molar-refractivity contribution in [1.82, 2.24) is 10.1 Å². The first-order valence-electron chi connectivity index (χ1n) is 14.0. The molecule has 2 heterocycles. The molecule has 0 spiro atoms. The number of carbonyl (C=O) groups excluding carboxylic acids is 4. The maximum Gasteiger partial charge on any atom is 0.323 e. The van der Waals surface area contributed by atoms with E-state index in [-0.39, 0.29) is 12.8 Å². The molecule has 0 amide bonds. The molecule has 10 heteroatoms. The Morgan fingerprint density at radius 1 is 0.615 bits per heavy atom. The lowest BCUT2D eigenvalue weighted by Gasteiger charge is -2.52. The maximum absolute atomic E-state index is 13.7. The standard InChI is InChI=1S/C29H50N2O8/c1-13-29(14-2,23(34)36-21-15-25(5,6)30(38-19(3)32)26(7,8)16-21)24(35)37-22-17-27(9,10)31(39-20(4)33)28(11,12)18-22/h21-22H,13-18H2,1-12H3. The summed E-state index contributed by atoms with van der Waals surface area (Å²) in [4.78, 5) is 61.9. The lowest BCUT2D eigenvalue weighted by molar-refractivity contribution is -0.278. The number of hydroxylamine groups is 4. The highest BCUT2D eigenvalue weighted by Gasteiger charge is 2.54. The Kier molecular flexibility index (Phi) is 9.61. The van der Waals surface area contributed by atoms with Gasteiger partial charge in [0, 0.05) is 39.5 Å². The molecular weight excluding hydrogens is 504 g/mol. The van der Waals surface area contributed by atoms with Gasteiger partial charge >= 0.3 is 23.9 Å². The third kappa shape index (κ3) is 7.12. The fourth-order valence-corrected chi connectivity index (χ4v) is 6.70. The summed E-state index contributed by atoms with van der Waals surface area (Å²) >= 11 is 0. The highest BCUT2D eigenvalue weighted by molar-refractivity contribution is 6.00. The number of esters is 2. The van der Waals surface area contributed by atoms with E-state index in [1.54, 1.807) is 24.0 Å². The summed E-state index contributed by atoms with van der Waals surface area (Å²) in [7, 11) is 0. The zero-order chi connectivity index (χ0) is 30.2. The molecule has 2 aliphatic heterocycles. The molecule has 0 aromatic heterocycles. The molecule has 0 aromatic rings. The molecule has 10 nitrogen and oxygen atoms in total. The van der Waals surface area contributed by atoms with E-state index in [0.717, 1.165) is 0 Å². The molecule has 0 atom stereocenters. The molecule has 2 aliphatic rings. The van der Waals surface area contributed by atoms with Crippen LogP contribution in [0.4, 0.5) is 0 Å². The van der Waals surface area contributed by atoms with Gasteiger partial charge in [-0.2, -0.15) is 0 Å². The number of hydrogen-bond donors (Lipinski definition) is 0. The second-order valence-electron chi connectivity index (χ2n) is 13.7. The average molecular weight is 555 g/mol. The van der Waals surface area contributed by atoms with Gasteiger partial charge in [0.25, 0.3) is 0 Å². The Bertz CT molecular complexity index is 843. The van der Waals surface area contributed by atoms with Crippen molar-refractivity contribution in [2.45, 2.75) is 156 Å². The summed E-state index contributed by atoms with van der Waals surface area (Å²) in [5.41, 5.74) is -3.80. The lowest BCUT2D eigenvalue weighted by atomic mass is 9.78. The topological polar surface area (TPSA) is 112 Å². The summed E-state index contributed by atoms with van der Waals surface area (Å²) < 4.78 is 12.1. The maximum atomic E-state index is 13.7. The summed E-state index contributed by atoms with van der Waals surface area (Å²) in [5.74, 6) is -2.00. The molecule has 2 rings (SSSR count). The van der Waals surface area contributed by atoms with Crippen molar-refractivity contribution < 1.29 is 38.3 Å². The van der Waals surface area contributed by atoms with Crippen LogP contribution in [0.25, 0.3) is 0 Å². The van der Waals surface area contributed by atoms with E-state index in [4.69, 9.17) is 19.1 Å². The normalized spacial score (nSPS) is 23.5. The SMILES string of the molecule is CCC(CC)(C(=O)OC1CC(C)(C)N(OC(C)=O)C(C)(C)C1)C(=O)OC1CC(C)(C)N(OC(C)=O)C(C)(C)C1. The zero-order valence-electron chi connectivity index (χ0n) is 26.1. The first-order chi connectivity index (χ1) is 17.6. The lowest BCUT2D eigenvalue weighted by Crippen LogP contribution is -2.63. The molecule has 0 aliphatic carbocycles. The number of ether oxygens (including phenoxy) is 2. The van der Waals surface area contributed by atoms with E-state index in [1.807, 2.05) is 55.4 Å². The Morgan fingerprint density at radius 3 is 1.08 bits per heavy atom. The number of hydrogen-bond acceptors (Lipinski definition) is 10. The van der Waals surface area contributed by atoms with Gasteiger partial charge in [0.2, 0.25) is 0 Å². The Labute approximate surface area is 233 Å². The molecule has 39 heavy (non-hydrogen) atoms. The van der Waals surface area contributed by atoms with E-state index in [0.29, 0.717) is 25.7 Å². The third-order valence-electron chi connectivity index (χ3n) is 8.08. The van der Waals surface area contributed by atoms with Crippen LogP contribution >= 0.6 is 0 Å². The van der Waals surface area contributed by atoms with Crippen molar-refractivity contribution in [2.24, 2.45) is 5.41 Å². The molecule has 2 fully saturated rings. The van der Waals surface area contributed by atoms with Crippen LogP contribution in [0.1, 0.15) is 122 Å². The predicted octanol–water partition coefficient (Wildman–Crippen LogP) is 4.88. The van der Waals surface area contributed by atoms with Gasteiger partial charge in [0.15, 0.2) is 5.41 Å². The van der Waals surface area contributed by atoms with Crippen LogP contribution in [0.2, 0.25) is 0 Å². The molecule has 0 N–H and O–H groups in total. The Hall–Kier alpha value is -2.20. The van der Waals surface area contributed by atoms with Crippen LogP contribution < -0.4 is 0 Å². The first-order valence-corrected chi connectivity index (χ1v) is 14.0. The number of rotatable bonds is 8. The second-order valence-corrected chi connectivity index (χ2v) is 13.7. The van der Waals surface area contributed by atoms with Crippen molar-refractivity contribution in [1.29, 1.82) is 0 Å². The van der Waals surface area contributed by atoms with Gasteiger partial charge in [-0.05, 0) is 68.2 Å². The van der Waals surface area contributed by atoms with Gasteiger partial charge in [-0.1, -0.05) is 13.8 Å². The van der Waals surface area contributed by atoms with E-state index < -0.39 is 63.7 Å². The average Bonchev–Trinajstić information content (AvgIpc) is 2.73. The summed E-state index contributed by atoms with van der Waals surface area (Å²) in [6.45, 7) is 21.8. The predicted molar refractivity (Wildman–Crippen MR) is 145 cm³/mol. The van der Waals surface area contributed by atoms with Gasteiger partial charge in [-0.15, -0.1) is 10.1 Å². The van der Waals surface area contributed by atoms with Crippen LogP contribution in [0.5, 0.6) is 0 Å². The minimum absolute atomic E-state index is 0.235. The van der Waals surface area contributed by atoms with E-state index >= 15 is 0 Å². The third-order valence-corrected chi connectivity index (χ3v) is 8.08. The molecule has 2 saturated heterocycles. The number of carbonyl (C=O) groups is 4. The zero-order valence-corrected chi connectivity index (χ0v) is 26.1.